The maximum atomic E-state index is 13.8. The fraction of sp³-hybridized carbons (Fsp3) is 0.500. The number of anilines is 1. The van der Waals surface area contributed by atoms with Crippen molar-refractivity contribution in [3.05, 3.63) is 29.6 Å². The van der Waals surface area contributed by atoms with Crippen LogP contribution in [-0.4, -0.2) is 29.4 Å². The van der Waals surface area contributed by atoms with E-state index in [1.165, 1.54) is 6.07 Å². The maximum Gasteiger partial charge on any atom is 0.146 e. The molecule has 0 spiro atoms. The highest BCUT2D eigenvalue weighted by atomic mass is 19.1. The lowest BCUT2D eigenvalue weighted by Crippen LogP contribution is -2.33. The quantitative estimate of drug-likeness (QED) is 0.814. The Morgan fingerprint density at radius 3 is 2.88 bits per heavy atom. The van der Waals surface area contributed by atoms with Crippen molar-refractivity contribution in [1.29, 1.82) is 0 Å². The molecule has 3 nitrogen and oxygen atoms in total. The van der Waals surface area contributed by atoms with E-state index in [1.54, 1.807) is 12.1 Å². The van der Waals surface area contributed by atoms with Crippen molar-refractivity contribution >= 4 is 5.69 Å². The molecule has 1 heterocycles. The number of rotatable bonds is 3. The molecule has 1 aliphatic rings. The summed E-state index contributed by atoms with van der Waals surface area (Å²) in [5.74, 6) is -0.327. The van der Waals surface area contributed by atoms with E-state index in [1.807, 2.05) is 4.90 Å². The van der Waals surface area contributed by atoms with Gasteiger partial charge in [-0.2, -0.15) is 0 Å². The highest BCUT2D eigenvalue weighted by molar-refractivity contribution is 5.56. The third kappa shape index (κ3) is 1.90. The summed E-state index contributed by atoms with van der Waals surface area (Å²) in [6.45, 7) is 0.583. The first-order chi connectivity index (χ1) is 7.77. The lowest BCUT2D eigenvalue weighted by atomic mass is 10.1. The van der Waals surface area contributed by atoms with Gasteiger partial charge in [-0.3, -0.25) is 0 Å². The van der Waals surface area contributed by atoms with Crippen molar-refractivity contribution in [3.8, 4) is 0 Å². The van der Waals surface area contributed by atoms with Gasteiger partial charge in [0.2, 0.25) is 0 Å². The van der Waals surface area contributed by atoms with Crippen LogP contribution < -0.4 is 4.90 Å². The molecule has 1 atom stereocenters. The number of aliphatic hydroxyl groups excluding tert-OH is 2. The monoisotopic (exact) mass is 225 g/mol. The third-order valence-electron chi connectivity index (χ3n) is 3.12. The first kappa shape index (κ1) is 11.4. The Labute approximate surface area is 94.1 Å². The van der Waals surface area contributed by atoms with Gasteiger partial charge in [-0.25, -0.2) is 4.39 Å². The van der Waals surface area contributed by atoms with E-state index in [-0.39, 0.29) is 25.1 Å². The van der Waals surface area contributed by atoms with Gasteiger partial charge in [0.15, 0.2) is 0 Å². The van der Waals surface area contributed by atoms with E-state index in [2.05, 4.69) is 0 Å². The Morgan fingerprint density at radius 1 is 1.38 bits per heavy atom. The summed E-state index contributed by atoms with van der Waals surface area (Å²) in [6, 6.07) is 4.67. The van der Waals surface area contributed by atoms with E-state index in [9.17, 15) is 14.6 Å². The Morgan fingerprint density at radius 2 is 2.19 bits per heavy atom. The summed E-state index contributed by atoms with van der Waals surface area (Å²) in [5, 5.41) is 18.4. The van der Waals surface area contributed by atoms with Crippen molar-refractivity contribution in [2.75, 3.05) is 18.1 Å². The highest BCUT2D eigenvalue weighted by Crippen LogP contribution is 2.31. The zero-order valence-corrected chi connectivity index (χ0v) is 9.06. The fourth-order valence-electron chi connectivity index (χ4n) is 2.33. The molecular weight excluding hydrogens is 209 g/mol. The van der Waals surface area contributed by atoms with Crippen LogP contribution in [-0.2, 0) is 6.61 Å². The SMILES string of the molecule is OCc1cccc(F)c1N1CCCC1CO. The van der Waals surface area contributed by atoms with Gasteiger partial charge in [0, 0.05) is 12.1 Å². The average Bonchev–Trinajstić information content (AvgIpc) is 2.76. The predicted octanol–water partition coefficient (Wildman–Crippen LogP) is 1.28. The number of benzene rings is 1. The number of aliphatic hydroxyl groups is 2. The molecule has 0 radical (unpaired) electrons. The van der Waals surface area contributed by atoms with Gasteiger partial charge in [-0.15, -0.1) is 0 Å². The molecule has 4 heteroatoms. The molecule has 1 fully saturated rings. The van der Waals surface area contributed by atoms with E-state index < -0.39 is 0 Å². The summed E-state index contributed by atoms with van der Waals surface area (Å²) in [4.78, 5) is 1.86. The second-order valence-corrected chi connectivity index (χ2v) is 4.08. The molecule has 16 heavy (non-hydrogen) atoms. The van der Waals surface area contributed by atoms with Crippen LogP contribution in [0.3, 0.4) is 0 Å². The Kier molecular flexibility index (Phi) is 3.41. The van der Waals surface area contributed by atoms with Crippen molar-refractivity contribution < 1.29 is 14.6 Å². The Hall–Kier alpha value is -1.13. The van der Waals surface area contributed by atoms with Crippen LogP contribution in [0.4, 0.5) is 10.1 Å². The lowest BCUT2D eigenvalue weighted by molar-refractivity contribution is 0.263. The van der Waals surface area contributed by atoms with Crippen LogP contribution in [0.25, 0.3) is 0 Å². The largest absolute Gasteiger partial charge is 0.394 e. The third-order valence-corrected chi connectivity index (χ3v) is 3.12. The van der Waals surface area contributed by atoms with Crippen LogP contribution in [0, 0.1) is 5.82 Å². The molecule has 1 aliphatic heterocycles. The van der Waals surface area contributed by atoms with Gasteiger partial charge in [0.1, 0.15) is 5.82 Å². The Bertz CT molecular complexity index is 370. The van der Waals surface area contributed by atoms with E-state index in [0.29, 0.717) is 11.3 Å². The summed E-state index contributed by atoms with van der Waals surface area (Å²) < 4.78 is 13.8. The van der Waals surface area contributed by atoms with Crippen molar-refractivity contribution in [2.45, 2.75) is 25.5 Å². The molecule has 1 saturated heterocycles. The van der Waals surface area contributed by atoms with Crippen LogP contribution in [0.2, 0.25) is 0 Å². The summed E-state index contributed by atoms with van der Waals surface area (Å²) in [5.41, 5.74) is 1.03. The van der Waals surface area contributed by atoms with Crippen LogP contribution in [0.5, 0.6) is 0 Å². The molecule has 0 bridgehead atoms. The minimum Gasteiger partial charge on any atom is -0.394 e. The summed E-state index contributed by atoms with van der Waals surface area (Å²) >= 11 is 0. The van der Waals surface area contributed by atoms with E-state index in [0.717, 1.165) is 19.4 Å². The number of hydrogen-bond donors (Lipinski definition) is 2. The van der Waals surface area contributed by atoms with Crippen LogP contribution in [0.1, 0.15) is 18.4 Å². The molecule has 0 aliphatic carbocycles. The first-order valence-electron chi connectivity index (χ1n) is 5.53. The number of nitrogens with zero attached hydrogens (tertiary/aromatic N) is 1. The zero-order valence-electron chi connectivity index (χ0n) is 9.06. The van der Waals surface area contributed by atoms with Crippen LogP contribution >= 0.6 is 0 Å². The number of halogens is 1. The molecule has 2 N–H and O–H groups in total. The maximum absolute atomic E-state index is 13.8. The second kappa shape index (κ2) is 4.80. The summed E-state index contributed by atoms with van der Waals surface area (Å²) in [6.07, 6.45) is 1.82. The van der Waals surface area contributed by atoms with Gasteiger partial charge in [-0.05, 0) is 18.9 Å². The molecule has 1 unspecified atom stereocenters. The molecule has 1 aromatic carbocycles. The molecule has 0 amide bonds. The average molecular weight is 225 g/mol. The standard InChI is InChI=1S/C12H16FNO2/c13-11-5-1-3-9(7-15)12(11)14-6-2-4-10(14)8-16/h1,3,5,10,15-16H,2,4,6-8H2. The van der Waals surface area contributed by atoms with Gasteiger partial charge in [0.25, 0.3) is 0 Å². The van der Waals surface area contributed by atoms with Crippen LogP contribution in [0.15, 0.2) is 18.2 Å². The van der Waals surface area contributed by atoms with E-state index in [4.69, 9.17) is 0 Å². The molecular formula is C12H16FNO2. The lowest BCUT2D eigenvalue weighted by Gasteiger charge is -2.27. The first-order valence-corrected chi connectivity index (χ1v) is 5.53. The highest BCUT2D eigenvalue weighted by Gasteiger charge is 2.27. The molecule has 0 saturated carbocycles. The predicted molar refractivity (Wildman–Crippen MR) is 59.8 cm³/mol. The van der Waals surface area contributed by atoms with Crippen molar-refractivity contribution in [1.82, 2.24) is 0 Å². The second-order valence-electron chi connectivity index (χ2n) is 4.08. The number of para-hydroxylation sites is 1. The van der Waals surface area contributed by atoms with Crippen molar-refractivity contribution in [2.24, 2.45) is 0 Å². The van der Waals surface area contributed by atoms with Crippen molar-refractivity contribution in [3.63, 3.8) is 0 Å². The minimum absolute atomic E-state index is 0.0257. The van der Waals surface area contributed by atoms with Gasteiger partial charge < -0.3 is 15.1 Å². The van der Waals surface area contributed by atoms with Gasteiger partial charge >= 0.3 is 0 Å². The topological polar surface area (TPSA) is 43.7 Å². The Balaban J connectivity index is 2.38. The molecule has 0 aromatic heterocycles. The smallest absolute Gasteiger partial charge is 0.146 e. The van der Waals surface area contributed by atoms with E-state index >= 15 is 0 Å². The zero-order chi connectivity index (χ0) is 11.5. The molecule has 88 valence electrons. The molecule has 1 aromatic rings. The summed E-state index contributed by atoms with van der Waals surface area (Å²) in [7, 11) is 0. The van der Waals surface area contributed by atoms with Gasteiger partial charge in [0.05, 0.1) is 24.9 Å². The fourth-order valence-corrected chi connectivity index (χ4v) is 2.33. The minimum atomic E-state index is -0.327. The molecule has 2 rings (SSSR count). The normalized spacial score (nSPS) is 20.4. The van der Waals surface area contributed by atoms with Gasteiger partial charge in [-0.1, -0.05) is 12.1 Å². The number of hydrogen-bond acceptors (Lipinski definition) is 3.